The number of nitrogens with zero attached hydrogens (tertiary/aromatic N) is 3. The predicted octanol–water partition coefficient (Wildman–Crippen LogP) is 1.56. The first-order chi connectivity index (χ1) is 12.4. The molecule has 2 atom stereocenters. The van der Waals surface area contributed by atoms with Gasteiger partial charge in [-0.25, -0.2) is 4.98 Å². The van der Waals surface area contributed by atoms with E-state index in [0.717, 1.165) is 29.4 Å². The molecule has 1 aliphatic rings. The molecule has 7 nitrogen and oxygen atoms in total. The summed E-state index contributed by atoms with van der Waals surface area (Å²) >= 11 is 0. The lowest BCUT2D eigenvalue weighted by atomic mass is 10.0. The summed E-state index contributed by atoms with van der Waals surface area (Å²) in [6, 6.07) is 8.00. The molecule has 0 bridgehead atoms. The zero-order chi connectivity index (χ0) is 18.8. The number of ether oxygens (including phenoxy) is 1. The summed E-state index contributed by atoms with van der Waals surface area (Å²) in [6.45, 7) is 4.95. The summed E-state index contributed by atoms with van der Waals surface area (Å²) in [4.78, 5) is 11.0. The Kier molecular flexibility index (Phi) is 5.20. The number of hydrogen-bond donors (Lipinski definition) is 2. The Labute approximate surface area is 153 Å². The van der Waals surface area contributed by atoms with Crippen LogP contribution in [0.1, 0.15) is 24.5 Å². The van der Waals surface area contributed by atoms with Crippen LogP contribution in [0.4, 0.5) is 5.82 Å². The largest absolute Gasteiger partial charge is 0.578 e. The van der Waals surface area contributed by atoms with Crippen LogP contribution >= 0.6 is 0 Å². The number of aliphatic imine (C=N–C) groups is 1. The number of aromatic nitrogens is 1. The van der Waals surface area contributed by atoms with Crippen LogP contribution in [0.15, 0.2) is 29.3 Å². The van der Waals surface area contributed by atoms with E-state index in [9.17, 15) is 0 Å². The first-order valence-corrected chi connectivity index (χ1v) is 8.69. The fourth-order valence-electron chi connectivity index (χ4n) is 3.31. The Bertz CT molecular complexity index is 864. The quantitative estimate of drug-likeness (QED) is 0.494. The van der Waals surface area contributed by atoms with Gasteiger partial charge in [-0.15, -0.1) is 0 Å². The van der Waals surface area contributed by atoms with Gasteiger partial charge in [0.25, 0.3) is 0 Å². The van der Waals surface area contributed by atoms with E-state index in [1.165, 1.54) is 0 Å². The maximum absolute atomic E-state index is 8.35. The number of rotatable bonds is 3. The van der Waals surface area contributed by atoms with Gasteiger partial charge in [0.15, 0.2) is 0 Å². The maximum Gasteiger partial charge on any atom is 0.369 e. The number of nitrogens with two attached hydrogens (primary N) is 1. The fourth-order valence-corrected chi connectivity index (χ4v) is 3.31. The topological polar surface area (TPSA) is 110 Å². The first-order valence-electron chi connectivity index (χ1n) is 8.69. The Balaban J connectivity index is 2.12. The molecule has 2 unspecified atom stereocenters. The van der Waals surface area contributed by atoms with Gasteiger partial charge in [0.1, 0.15) is 17.2 Å². The van der Waals surface area contributed by atoms with Gasteiger partial charge < -0.3 is 20.5 Å². The molecule has 1 fully saturated rings. The van der Waals surface area contributed by atoms with Crippen LogP contribution in [-0.4, -0.2) is 54.2 Å². The van der Waals surface area contributed by atoms with Gasteiger partial charge in [0.2, 0.25) is 0 Å². The molecule has 26 heavy (non-hydrogen) atoms. The second-order valence-electron chi connectivity index (χ2n) is 6.77. The van der Waals surface area contributed by atoms with E-state index < -0.39 is 0 Å². The van der Waals surface area contributed by atoms with Crippen molar-refractivity contribution in [2.24, 2.45) is 10.7 Å². The maximum atomic E-state index is 8.35. The van der Waals surface area contributed by atoms with Crippen molar-refractivity contribution in [3.8, 4) is 0 Å². The number of pyridine rings is 1. The highest BCUT2D eigenvalue weighted by atomic mass is 16.5. The van der Waals surface area contributed by atoms with Crippen LogP contribution in [0, 0.1) is 12.3 Å². The summed E-state index contributed by atoms with van der Waals surface area (Å²) in [5.41, 5.74) is 8.77. The van der Waals surface area contributed by atoms with Crippen LogP contribution in [0.2, 0.25) is 0 Å². The van der Waals surface area contributed by atoms with E-state index in [4.69, 9.17) is 26.0 Å². The van der Waals surface area contributed by atoms with Crippen molar-refractivity contribution >= 4 is 28.5 Å². The van der Waals surface area contributed by atoms with Crippen molar-refractivity contribution in [3.63, 3.8) is 0 Å². The van der Waals surface area contributed by atoms with E-state index in [1.54, 1.807) is 14.0 Å². The molecule has 3 rings (SSSR count). The standard InChI is InChI=1S/C19H25N5O2/c1-11-4-5-16-13(8-11)9-14(19(25)22-12(2)20)18(23-16)24-7-6-15(21)17(10-24)26-3/h4-5,8-9,15,17H,6-7,10,21H2,1-3H3,(H2,20,22,25)/p+1. The van der Waals surface area contributed by atoms with E-state index in [-0.39, 0.29) is 23.9 Å². The van der Waals surface area contributed by atoms with Crippen molar-refractivity contribution in [2.75, 3.05) is 25.1 Å². The van der Waals surface area contributed by atoms with Crippen molar-refractivity contribution in [1.82, 2.24) is 4.98 Å². The number of methoxy groups -OCH3 is 1. The Morgan fingerprint density at radius 1 is 1.42 bits per heavy atom. The molecule has 1 aromatic carbocycles. The van der Waals surface area contributed by atoms with Crippen LogP contribution in [-0.2, 0) is 4.74 Å². The highest BCUT2D eigenvalue weighted by molar-refractivity contribution is 6.05. The number of anilines is 1. The minimum atomic E-state index is -0.0808. The number of amidine groups is 1. The smallest absolute Gasteiger partial charge is 0.369 e. The summed E-state index contributed by atoms with van der Waals surface area (Å²) in [7, 11) is 1.67. The molecule has 1 aromatic heterocycles. The summed E-state index contributed by atoms with van der Waals surface area (Å²) in [6.07, 6.45) is 0.710. The minimum absolute atomic E-state index is 0.00392. The van der Waals surface area contributed by atoms with Gasteiger partial charge in [0, 0.05) is 31.6 Å². The fraction of sp³-hybridized carbons (Fsp3) is 0.421. The average molecular weight is 356 g/mol. The van der Waals surface area contributed by atoms with Crippen LogP contribution < -0.4 is 10.6 Å². The second-order valence-corrected chi connectivity index (χ2v) is 6.77. The number of hydrogen-bond acceptors (Lipinski definition) is 5. The normalized spacial score (nSPS) is 21.2. The summed E-state index contributed by atoms with van der Waals surface area (Å²) < 4.78 is 5.52. The molecule has 0 aliphatic carbocycles. The molecule has 0 saturated carbocycles. The third-order valence-electron chi connectivity index (χ3n) is 4.70. The van der Waals surface area contributed by atoms with Crippen LogP contribution in [0.5, 0.6) is 0 Å². The van der Waals surface area contributed by atoms with Gasteiger partial charge in [-0.1, -0.05) is 11.6 Å². The molecule has 1 aliphatic heterocycles. The SMILES string of the molecule is COC1CN(c2nc3ccc(C)cc3cc2C([OH2+])=NC(C)=N)CCC1N. The molecule has 138 valence electrons. The molecule has 0 amide bonds. The van der Waals surface area contributed by atoms with E-state index in [2.05, 4.69) is 9.89 Å². The number of nitrogens with one attached hydrogen (secondary N) is 1. The lowest BCUT2D eigenvalue weighted by molar-refractivity contribution is 0.0728. The number of benzene rings is 1. The molecule has 2 aromatic rings. The average Bonchev–Trinajstić information content (AvgIpc) is 2.60. The molecule has 1 saturated heterocycles. The molecule has 7 heteroatoms. The molecule has 2 heterocycles. The van der Waals surface area contributed by atoms with Crippen molar-refractivity contribution in [2.45, 2.75) is 32.4 Å². The molecule has 0 spiro atoms. The van der Waals surface area contributed by atoms with Crippen molar-refractivity contribution < 1.29 is 9.84 Å². The molecule has 0 radical (unpaired) electrons. The third-order valence-corrected chi connectivity index (χ3v) is 4.70. The number of fused-ring (bicyclic) bond motifs is 1. The minimum Gasteiger partial charge on any atom is -0.578 e. The Morgan fingerprint density at radius 3 is 2.88 bits per heavy atom. The predicted molar refractivity (Wildman–Crippen MR) is 106 cm³/mol. The summed E-state index contributed by atoms with van der Waals surface area (Å²) in [5, 5.41) is 16.9. The zero-order valence-corrected chi connectivity index (χ0v) is 15.4. The lowest BCUT2D eigenvalue weighted by Gasteiger charge is -2.37. The zero-order valence-electron chi connectivity index (χ0n) is 15.4. The second kappa shape index (κ2) is 7.39. The summed E-state index contributed by atoms with van der Waals surface area (Å²) in [5.74, 6) is 0.846. The number of aryl methyl sites for hydroxylation is 1. The highest BCUT2D eigenvalue weighted by Crippen LogP contribution is 2.27. The van der Waals surface area contributed by atoms with Gasteiger partial charge in [-0.2, -0.15) is 4.99 Å². The van der Waals surface area contributed by atoms with Crippen molar-refractivity contribution in [1.29, 1.82) is 5.41 Å². The van der Waals surface area contributed by atoms with Crippen LogP contribution in [0.3, 0.4) is 0 Å². The van der Waals surface area contributed by atoms with E-state index in [0.29, 0.717) is 17.9 Å². The van der Waals surface area contributed by atoms with E-state index in [1.807, 2.05) is 31.2 Å². The monoisotopic (exact) mass is 356 g/mol. The highest BCUT2D eigenvalue weighted by Gasteiger charge is 2.30. The molecule has 5 N–H and O–H groups in total. The Hall–Kier alpha value is -2.51. The molecular weight excluding hydrogens is 330 g/mol. The lowest BCUT2D eigenvalue weighted by Crippen LogP contribution is -2.52. The number of piperidine rings is 1. The van der Waals surface area contributed by atoms with Gasteiger partial charge in [-0.05, 0) is 38.5 Å². The van der Waals surface area contributed by atoms with Crippen LogP contribution in [0.25, 0.3) is 10.9 Å². The molecular formula is C19H26N5O2+. The Morgan fingerprint density at radius 2 is 2.19 bits per heavy atom. The van der Waals surface area contributed by atoms with E-state index >= 15 is 0 Å². The van der Waals surface area contributed by atoms with Gasteiger partial charge in [-0.3, -0.25) is 5.41 Å². The first kappa shape index (κ1) is 18.3. The van der Waals surface area contributed by atoms with Crippen molar-refractivity contribution in [3.05, 3.63) is 35.4 Å². The van der Waals surface area contributed by atoms with Gasteiger partial charge in [0.05, 0.1) is 11.6 Å². The van der Waals surface area contributed by atoms with Gasteiger partial charge >= 0.3 is 5.90 Å². The third kappa shape index (κ3) is 3.68.